The SMILES string of the molecule is Cc1cccnc1CNc1cc(N2CCC[C@@H]2CO)ncn1. The van der Waals surface area contributed by atoms with Crippen LogP contribution in [-0.4, -0.2) is 39.3 Å². The van der Waals surface area contributed by atoms with E-state index in [2.05, 4.69) is 25.2 Å². The average molecular weight is 299 g/mol. The van der Waals surface area contributed by atoms with Gasteiger partial charge in [-0.2, -0.15) is 0 Å². The molecule has 1 aliphatic rings. The van der Waals surface area contributed by atoms with E-state index in [1.165, 1.54) is 0 Å². The fourth-order valence-corrected chi connectivity index (χ4v) is 2.81. The highest BCUT2D eigenvalue weighted by Crippen LogP contribution is 2.24. The maximum absolute atomic E-state index is 9.44. The molecule has 6 heteroatoms. The van der Waals surface area contributed by atoms with E-state index in [0.29, 0.717) is 6.54 Å². The van der Waals surface area contributed by atoms with Gasteiger partial charge >= 0.3 is 0 Å². The molecule has 22 heavy (non-hydrogen) atoms. The van der Waals surface area contributed by atoms with E-state index in [4.69, 9.17) is 0 Å². The van der Waals surface area contributed by atoms with Gasteiger partial charge in [-0.3, -0.25) is 4.98 Å². The summed E-state index contributed by atoms with van der Waals surface area (Å²) in [5.74, 6) is 1.64. The van der Waals surface area contributed by atoms with Gasteiger partial charge in [0.25, 0.3) is 0 Å². The molecule has 116 valence electrons. The standard InChI is InChI=1S/C16H21N5O/c1-12-4-2-6-17-14(12)9-18-15-8-16(20-11-19-15)21-7-3-5-13(21)10-22/h2,4,6,8,11,13,22H,3,5,7,9-10H2,1H3,(H,18,19,20)/t13-/m1/s1. The number of aryl methyl sites for hydroxylation is 1. The Labute approximate surface area is 130 Å². The Bertz CT molecular complexity index is 633. The zero-order chi connectivity index (χ0) is 15.4. The molecule has 1 fully saturated rings. The molecule has 2 aromatic rings. The highest BCUT2D eigenvalue weighted by atomic mass is 16.3. The predicted octanol–water partition coefficient (Wildman–Crippen LogP) is 1.75. The van der Waals surface area contributed by atoms with E-state index in [-0.39, 0.29) is 12.6 Å². The van der Waals surface area contributed by atoms with Crippen LogP contribution in [0.15, 0.2) is 30.7 Å². The highest BCUT2D eigenvalue weighted by molar-refractivity contribution is 5.50. The molecule has 3 rings (SSSR count). The molecule has 1 saturated heterocycles. The molecule has 0 saturated carbocycles. The summed E-state index contributed by atoms with van der Waals surface area (Å²) < 4.78 is 0. The van der Waals surface area contributed by atoms with Gasteiger partial charge in [0, 0.05) is 18.8 Å². The van der Waals surface area contributed by atoms with Gasteiger partial charge in [0.15, 0.2) is 0 Å². The first kappa shape index (κ1) is 14.7. The third-order valence-electron chi connectivity index (χ3n) is 4.09. The van der Waals surface area contributed by atoms with Crippen LogP contribution in [0.2, 0.25) is 0 Å². The number of nitrogens with zero attached hydrogens (tertiary/aromatic N) is 4. The monoisotopic (exact) mass is 299 g/mol. The van der Waals surface area contributed by atoms with Crippen LogP contribution in [0.5, 0.6) is 0 Å². The molecule has 1 atom stereocenters. The smallest absolute Gasteiger partial charge is 0.134 e. The number of hydrogen-bond donors (Lipinski definition) is 2. The number of hydrogen-bond acceptors (Lipinski definition) is 6. The van der Waals surface area contributed by atoms with E-state index in [1.54, 1.807) is 12.5 Å². The number of aromatic nitrogens is 3. The van der Waals surface area contributed by atoms with E-state index in [9.17, 15) is 5.11 Å². The number of aliphatic hydroxyl groups excluding tert-OH is 1. The molecule has 0 aliphatic carbocycles. The maximum atomic E-state index is 9.44. The first-order valence-corrected chi connectivity index (χ1v) is 7.62. The van der Waals surface area contributed by atoms with Crippen LogP contribution in [-0.2, 0) is 6.54 Å². The van der Waals surface area contributed by atoms with Crippen molar-refractivity contribution in [1.29, 1.82) is 0 Å². The van der Waals surface area contributed by atoms with E-state index < -0.39 is 0 Å². The van der Waals surface area contributed by atoms with Crippen molar-refractivity contribution in [2.24, 2.45) is 0 Å². The summed E-state index contributed by atoms with van der Waals surface area (Å²) in [6.07, 6.45) is 5.46. The minimum absolute atomic E-state index is 0.167. The third kappa shape index (κ3) is 3.17. The van der Waals surface area contributed by atoms with Crippen molar-refractivity contribution in [3.63, 3.8) is 0 Å². The van der Waals surface area contributed by atoms with E-state index in [1.807, 2.05) is 25.1 Å². The zero-order valence-electron chi connectivity index (χ0n) is 12.7. The molecule has 2 N–H and O–H groups in total. The first-order valence-electron chi connectivity index (χ1n) is 7.62. The summed E-state index contributed by atoms with van der Waals surface area (Å²) >= 11 is 0. The average Bonchev–Trinajstić information content (AvgIpc) is 3.03. The second-order valence-corrected chi connectivity index (χ2v) is 5.55. The van der Waals surface area contributed by atoms with Crippen LogP contribution in [0.1, 0.15) is 24.1 Å². The molecule has 0 unspecified atom stereocenters. The van der Waals surface area contributed by atoms with Gasteiger partial charge in [-0.15, -0.1) is 0 Å². The van der Waals surface area contributed by atoms with Gasteiger partial charge < -0.3 is 15.3 Å². The van der Waals surface area contributed by atoms with Crippen molar-refractivity contribution in [3.05, 3.63) is 42.0 Å². The van der Waals surface area contributed by atoms with Gasteiger partial charge in [0.2, 0.25) is 0 Å². The Morgan fingerprint density at radius 3 is 3.09 bits per heavy atom. The van der Waals surface area contributed by atoms with Crippen LogP contribution in [0.25, 0.3) is 0 Å². The van der Waals surface area contributed by atoms with Crippen LogP contribution >= 0.6 is 0 Å². The minimum Gasteiger partial charge on any atom is -0.394 e. The zero-order valence-corrected chi connectivity index (χ0v) is 12.7. The van der Waals surface area contributed by atoms with Gasteiger partial charge in [0.05, 0.1) is 24.9 Å². The normalized spacial score (nSPS) is 17.7. The van der Waals surface area contributed by atoms with Gasteiger partial charge in [-0.05, 0) is 31.4 Å². The highest BCUT2D eigenvalue weighted by Gasteiger charge is 2.25. The fraction of sp³-hybridized carbons (Fsp3) is 0.438. The molecular weight excluding hydrogens is 278 g/mol. The molecule has 3 heterocycles. The number of nitrogens with one attached hydrogen (secondary N) is 1. The molecule has 0 radical (unpaired) electrons. The Morgan fingerprint density at radius 2 is 2.27 bits per heavy atom. The third-order valence-corrected chi connectivity index (χ3v) is 4.09. The number of rotatable bonds is 5. The Hall–Kier alpha value is -2.21. The minimum atomic E-state index is 0.167. The lowest BCUT2D eigenvalue weighted by Gasteiger charge is -2.24. The maximum Gasteiger partial charge on any atom is 0.134 e. The van der Waals surface area contributed by atoms with E-state index in [0.717, 1.165) is 42.3 Å². The largest absolute Gasteiger partial charge is 0.394 e. The number of anilines is 2. The van der Waals surface area contributed by atoms with Crippen molar-refractivity contribution < 1.29 is 5.11 Å². The van der Waals surface area contributed by atoms with Crippen molar-refractivity contribution in [1.82, 2.24) is 15.0 Å². The lowest BCUT2D eigenvalue weighted by atomic mass is 10.2. The second kappa shape index (κ2) is 6.70. The van der Waals surface area contributed by atoms with E-state index >= 15 is 0 Å². The van der Waals surface area contributed by atoms with Gasteiger partial charge in [0.1, 0.15) is 18.0 Å². The summed E-state index contributed by atoms with van der Waals surface area (Å²) in [4.78, 5) is 15.1. The second-order valence-electron chi connectivity index (χ2n) is 5.55. The molecule has 2 aromatic heterocycles. The van der Waals surface area contributed by atoms with Crippen molar-refractivity contribution >= 4 is 11.6 Å². The molecule has 6 nitrogen and oxygen atoms in total. The summed E-state index contributed by atoms with van der Waals surface area (Å²) in [6.45, 7) is 3.78. The van der Waals surface area contributed by atoms with Crippen molar-refractivity contribution in [3.8, 4) is 0 Å². The number of aliphatic hydroxyl groups is 1. The molecule has 1 aliphatic heterocycles. The Kier molecular flexibility index (Phi) is 4.48. The van der Waals surface area contributed by atoms with Gasteiger partial charge in [-0.25, -0.2) is 9.97 Å². The molecule has 0 bridgehead atoms. The Balaban J connectivity index is 1.70. The molecule has 0 aromatic carbocycles. The van der Waals surface area contributed by atoms with Crippen molar-refractivity contribution in [2.45, 2.75) is 32.4 Å². The quantitative estimate of drug-likeness (QED) is 0.876. The van der Waals surface area contributed by atoms with Crippen molar-refractivity contribution in [2.75, 3.05) is 23.4 Å². The van der Waals surface area contributed by atoms with Crippen LogP contribution in [0.4, 0.5) is 11.6 Å². The molecule has 0 spiro atoms. The number of pyridine rings is 1. The van der Waals surface area contributed by atoms with Crippen LogP contribution in [0, 0.1) is 6.92 Å². The van der Waals surface area contributed by atoms with Gasteiger partial charge in [-0.1, -0.05) is 6.07 Å². The lowest BCUT2D eigenvalue weighted by Crippen LogP contribution is -2.32. The predicted molar refractivity (Wildman–Crippen MR) is 85.8 cm³/mol. The first-order chi connectivity index (χ1) is 10.8. The Morgan fingerprint density at radius 1 is 1.36 bits per heavy atom. The van der Waals surface area contributed by atoms with Crippen LogP contribution < -0.4 is 10.2 Å². The lowest BCUT2D eigenvalue weighted by molar-refractivity contribution is 0.266. The fourth-order valence-electron chi connectivity index (χ4n) is 2.81. The summed E-state index contributed by atoms with van der Waals surface area (Å²) in [7, 11) is 0. The topological polar surface area (TPSA) is 74.2 Å². The summed E-state index contributed by atoms with van der Waals surface area (Å²) in [6, 6.07) is 6.09. The molecule has 0 amide bonds. The molecular formula is C16H21N5O. The summed E-state index contributed by atoms with van der Waals surface area (Å²) in [5.41, 5.74) is 2.17. The van der Waals surface area contributed by atoms with Crippen LogP contribution in [0.3, 0.4) is 0 Å². The summed E-state index contributed by atoms with van der Waals surface area (Å²) in [5, 5.41) is 12.7.